The van der Waals surface area contributed by atoms with Crippen molar-refractivity contribution in [1.29, 1.82) is 0 Å². The molecule has 1 fully saturated rings. The Hall–Kier alpha value is -1.47. The summed E-state index contributed by atoms with van der Waals surface area (Å²) in [6, 6.07) is 7.52. The second-order valence-electron chi connectivity index (χ2n) is 5.00. The summed E-state index contributed by atoms with van der Waals surface area (Å²) in [4.78, 5) is 27.0. The van der Waals surface area contributed by atoms with Crippen molar-refractivity contribution in [1.82, 2.24) is 10.3 Å². The normalized spacial score (nSPS) is 21.6. The first-order chi connectivity index (χ1) is 10.0. The van der Waals surface area contributed by atoms with E-state index < -0.39 is 17.4 Å². The number of hydrogen-bond donors (Lipinski definition) is 3. The van der Waals surface area contributed by atoms with Crippen LogP contribution < -0.4 is 5.32 Å². The van der Waals surface area contributed by atoms with Gasteiger partial charge in [0.2, 0.25) is 0 Å². The fourth-order valence-electron chi connectivity index (χ4n) is 2.43. The number of carboxylic acid groups (broad SMARTS) is 1. The average molecular weight is 369 g/mol. The van der Waals surface area contributed by atoms with Gasteiger partial charge in [0.25, 0.3) is 5.91 Å². The highest BCUT2D eigenvalue weighted by atomic mass is 79.9. The van der Waals surface area contributed by atoms with Crippen LogP contribution in [0, 0.1) is 0 Å². The van der Waals surface area contributed by atoms with Crippen molar-refractivity contribution in [2.24, 2.45) is 0 Å². The molecule has 2 heterocycles. The molecule has 3 N–H and O–H groups in total. The van der Waals surface area contributed by atoms with Crippen molar-refractivity contribution in [2.45, 2.75) is 12.0 Å². The number of nitrogens with one attached hydrogen (secondary N) is 2. The highest BCUT2D eigenvalue weighted by Crippen LogP contribution is 2.31. The van der Waals surface area contributed by atoms with Crippen LogP contribution in [0.5, 0.6) is 0 Å². The lowest BCUT2D eigenvalue weighted by Crippen LogP contribution is -2.54. The standard InChI is InChI=1S/C14H13BrN2O3S/c15-10-8-3-1-2-4-9(8)16-11(10)12(18)17-14(13(19)20)5-6-21-7-14/h1-4,16H,5-7H2,(H,17,18)(H,19,20). The summed E-state index contributed by atoms with van der Waals surface area (Å²) >= 11 is 4.95. The molecule has 1 aliphatic rings. The number of thioether (sulfide) groups is 1. The summed E-state index contributed by atoms with van der Waals surface area (Å²) in [6.07, 6.45) is 0.441. The molecule has 1 aromatic heterocycles. The Bertz CT molecular complexity index is 722. The van der Waals surface area contributed by atoms with Gasteiger partial charge in [-0.1, -0.05) is 18.2 Å². The molecule has 1 unspecified atom stereocenters. The number of halogens is 1. The quantitative estimate of drug-likeness (QED) is 0.777. The number of H-pyrrole nitrogens is 1. The molecule has 0 spiro atoms. The summed E-state index contributed by atoms with van der Waals surface area (Å²) in [6.45, 7) is 0. The van der Waals surface area contributed by atoms with Crippen LogP contribution in [0.2, 0.25) is 0 Å². The zero-order chi connectivity index (χ0) is 15.0. The lowest BCUT2D eigenvalue weighted by molar-refractivity contribution is -0.143. The predicted octanol–water partition coefficient (Wildman–Crippen LogP) is 2.62. The van der Waals surface area contributed by atoms with E-state index in [0.29, 0.717) is 22.3 Å². The third-order valence-corrected chi connectivity index (χ3v) is 5.67. The maximum Gasteiger partial charge on any atom is 0.330 e. The number of para-hydroxylation sites is 1. The van der Waals surface area contributed by atoms with Gasteiger partial charge in [0.05, 0.1) is 4.47 Å². The van der Waals surface area contributed by atoms with E-state index in [9.17, 15) is 14.7 Å². The molecule has 0 radical (unpaired) electrons. The Morgan fingerprint density at radius 2 is 2.14 bits per heavy atom. The Morgan fingerprint density at radius 3 is 2.76 bits per heavy atom. The number of carbonyl (C=O) groups excluding carboxylic acids is 1. The minimum absolute atomic E-state index is 0.355. The number of aliphatic carboxylic acids is 1. The summed E-state index contributed by atoms with van der Waals surface area (Å²) in [7, 11) is 0. The first-order valence-corrected chi connectivity index (χ1v) is 8.38. The molecule has 7 heteroatoms. The molecule has 21 heavy (non-hydrogen) atoms. The van der Waals surface area contributed by atoms with Gasteiger partial charge in [-0.25, -0.2) is 4.79 Å². The maximum absolute atomic E-state index is 12.5. The predicted molar refractivity (Wildman–Crippen MR) is 85.8 cm³/mol. The van der Waals surface area contributed by atoms with Gasteiger partial charge in [-0.2, -0.15) is 11.8 Å². The van der Waals surface area contributed by atoms with E-state index in [-0.39, 0.29) is 0 Å². The van der Waals surface area contributed by atoms with E-state index in [1.165, 1.54) is 11.8 Å². The fraction of sp³-hybridized carbons (Fsp3) is 0.286. The van der Waals surface area contributed by atoms with Crippen LogP contribution in [-0.4, -0.2) is 39.0 Å². The lowest BCUT2D eigenvalue weighted by atomic mass is 9.99. The average Bonchev–Trinajstić information content (AvgIpc) is 3.05. The lowest BCUT2D eigenvalue weighted by Gasteiger charge is -2.24. The molecule has 1 aromatic carbocycles. The van der Waals surface area contributed by atoms with Crippen LogP contribution in [0.25, 0.3) is 10.9 Å². The number of rotatable bonds is 3. The molecule has 1 aliphatic heterocycles. The second-order valence-corrected chi connectivity index (χ2v) is 6.90. The first kappa shape index (κ1) is 14.5. The molecule has 5 nitrogen and oxygen atoms in total. The van der Waals surface area contributed by atoms with Crippen molar-refractivity contribution in [2.75, 3.05) is 11.5 Å². The van der Waals surface area contributed by atoms with E-state index in [1.54, 1.807) is 0 Å². The third-order valence-electron chi connectivity index (χ3n) is 3.65. The number of carboxylic acids is 1. The van der Waals surface area contributed by atoms with E-state index in [4.69, 9.17) is 0 Å². The Labute approximate surface area is 133 Å². The van der Waals surface area contributed by atoms with Crippen LogP contribution in [0.15, 0.2) is 28.7 Å². The van der Waals surface area contributed by atoms with Crippen molar-refractivity contribution in [3.63, 3.8) is 0 Å². The monoisotopic (exact) mass is 368 g/mol. The van der Waals surface area contributed by atoms with Crippen LogP contribution in [0.1, 0.15) is 16.9 Å². The van der Waals surface area contributed by atoms with E-state index >= 15 is 0 Å². The molecule has 1 saturated heterocycles. The minimum Gasteiger partial charge on any atom is -0.479 e. The van der Waals surface area contributed by atoms with E-state index in [1.807, 2.05) is 24.3 Å². The van der Waals surface area contributed by atoms with E-state index in [0.717, 1.165) is 16.7 Å². The molecule has 0 aliphatic carbocycles. The number of aromatic nitrogens is 1. The summed E-state index contributed by atoms with van der Waals surface area (Å²) < 4.78 is 0.654. The zero-order valence-electron chi connectivity index (χ0n) is 11.0. The maximum atomic E-state index is 12.5. The van der Waals surface area contributed by atoms with Gasteiger partial charge in [0, 0.05) is 16.7 Å². The van der Waals surface area contributed by atoms with Gasteiger partial charge in [0.15, 0.2) is 0 Å². The molecule has 110 valence electrons. The SMILES string of the molecule is O=C(NC1(C(=O)O)CCSC1)c1[nH]c2ccccc2c1Br. The molecular weight excluding hydrogens is 356 g/mol. The molecular formula is C14H13BrN2O3S. The molecule has 2 aromatic rings. The highest BCUT2D eigenvalue weighted by Gasteiger charge is 2.43. The highest BCUT2D eigenvalue weighted by molar-refractivity contribution is 9.10. The van der Waals surface area contributed by atoms with Crippen molar-refractivity contribution in [3.05, 3.63) is 34.4 Å². The second kappa shape index (κ2) is 5.38. The van der Waals surface area contributed by atoms with Gasteiger partial charge in [-0.3, -0.25) is 4.79 Å². The van der Waals surface area contributed by atoms with Crippen molar-refractivity contribution in [3.8, 4) is 0 Å². The van der Waals surface area contributed by atoms with E-state index in [2.05, 4.69) is 26.2 Å². The number of amides is 1. The topological polar surface area (TPSA) is 82.2 Å². The third kappa shape index (κ3) is 2.44. The van der Waals surface area contributed by atoms with Crippen LogP contribution in [0.3, 0.4) is 0 Å². The van der Waals surface area contributed by atoms with Crippen LogP contribution >= 0.6 is 27.7 Å². The van der Waals surface area contributed by atoms with Crippen LogP contribution in [-0.2, 0) is 4.79 Å². The largest absolute Gasteiger partial charge is 0.479 e. The molecule has 0 saturated carbocycles. The smallest absolute Gasteiger partial charge is 0.330 e. The molecule has 0 bridgehead atoms. The number of fused-ring (bicyclic) bond motifs is 1. The van der Waals surface area contributed by atoms with Gasteiger partial charge in [-0.15, -0.1) is 0 Å². The summed E-state index contributed by atoms with van der Waals surface area (Å²) in [5, 5.41) is 13.0. The number of carbonyl (C=O) groups is 2. The van der Waals surface area contributed by atoms with Gasteiger partial charge >= 0.3 is 5.97 Å². The Balaban J connectivity index is 1.94. The fourth-order valence-corrected chi connectivity index (χ4v) is 4.38. The van der Waals surface area contributed by atoms with Crippen LogP contribution in [0.4, 0.5) is 0 Å². The van der Waals surface area contributed by atoms with Gasteiger partial charge < -0.3 is 15.4 Å². The van der Waals surface area contributed by atoms with Gasteiger partial charge in [0.1, 0.15) is 11.2 Å². The van der Waals surface area contributed by atoms with Crippen molar-refractivity contribution < 1.29 is 14.7 Å². The zero-order valence-corrected chi connectivity index (χ0v) is 13.4. The minimum atomic E-state index is -1.17. The number of aromatic amines is 1. The van der Waals surface area contributed by atoms with Gasteiger partial charge in [-0.05, 0) is 34.2 Å². The van der Waals surface area contributed by atoms with Crippen molar-refractivity contribution >= 4 is 50.5 Å². The first-order valence-electron chi connectivity index (χ1n) is 6.43. The Morgan fingerprint density at radius 1 is 1.38 bits per heavy atom. The molecule has 1 atom stereocenters. The number of hydrogen-bond acceptors (Lipinski definition) is 3. The summed E-state index contributed by atoms with van der Waals surface area (Å²) in [5.74, 6) is -0.247. The molecule has 1 amide bonds. The Kier molecular flexibility index (Phi) is 3.71. The summed E-state index contributed by atoms with van der Waals surface area (Å²) in [5.41, 5.74) is 0.0202. The molecule has 3 rings (SSSR count). The number of benzene rings is 1.